The van der Waals surface area contributed by atoms with Crippen molar-refractivity contribution in [2.24, 2.45) is 0 Å². The van der Waals surface area contributed by atoms with Crippen molar-refractivity contribution in [2.75, 3.05) is 26.2 Å². The standard InChI is InChI=1S/C29H37ClN6O2/c1-6-35(7-2)16-17-38-24-11-8-10-21(26(24)30)23-18-33-27(25(23)28-31-13-9-14-32-28)22-19-34-36(20(22)3)15-12-29(4,5)37/h8-11,13-14,18-19,33,37H,6-7,12,15-17H2,1-5H3. The van der Waals surface area contributed by atoms with Crippen LogP contribution in [0.4, 0.5) is 0 Å². The molecule has 4 rings (SSSR count). The number of hydrogen-bond acceptors (Lipinski definition) is 6. The van der Waals surface area contributed by atoms with Gasteiger partial charge in [0.25, 0.3) is 0 Å². The minimum absolute atomic E-state index is 0.548. The number of halogens is 1. The van der Waals surface area contributed by atoms with E-state index >= 15 is 0 Å². The maximum atomic E-state index is 10.2. The highest BCUT2D eigenvalue weighted by Crippen LogP contribution is 2.43. The molecule has 0 radical (unpaired) electrons. The van der Waals surface area contributed by atoms with E-state index in [0.717, 1.165) is 53.3 Å². The van der Waals surface area contributed by atoms with Crippen molar-refractivity contribution in [3.8, 4) is 39.5 Å². The average molecular weight is 537 g/mol. The molecule has 8 nitrogen and oxygen atoms in total. The van der Waals surface area contributed by atoms with Gasteiger partial charge < -0.3 is 19.7 Å². The van der Waals surface area contributed by atoms with Gasteiger partial charge in [0, 0.05) is 54.1 Å². The van der Waals surface area contributed by atoms with Crippen molar-refractivity contribution in [3.05, 3.63) is 59.8 Å². The first-order valence-corrected chi connectivity index (χ1v) is 13.5. The van der Waals surface area contributed by atoms with Gasteiger partial charge >= 0.3 is 0 Å². The molecule has 2 N–H and O–H groups in total. The lowest BCUT2D eigenvalue weighted by atomic mass is 9.99. The van der Waals surface area contributed by atoms with Crippen LogP contribution in [0.15, 0.2) is 49.1 Å². The van der Waals surface area contributed by atoms with Crippen molar-refractivity contribution in [2.45, 2.75) is 53.2 Å². The SMILES string of the molecule is CCN(CC)CCOc1cccc(-c2c[nH]c(-c3cnn(CCC(C)(C)O)c3C)c2-c2ncccn2)c1Cl. The van der Waals surface area contributed by atoms with E-state index in [1.54, 1.807) is 32.3 Å². The monoisotopic (exact) mass is 536 g/mol. The number of H-pyrrole nitrogens is 1. The Morgan fingerprint density at radius 1 is 1.08 bits per heavy atom. The normalized spacial score (nSPS) is 11.9. The highest BCUT2D eigenvalue weighted by atomic mass is 35.5. The van der Waals surface area contributed by atoms with E-state index in [2.05, 4.69) is 38.8 Å². The van der Waals surface area contributed by atoms with E-state index in [0.29, 0.717) is 36.2 Å². The molecule has 0 amide bonds. The van der Waals surface area contributed by atoms with Gasteiger partial charge in [0.1, 0.15) is 12.4 Å². The Balaban J connectivity index is 1.73. The van der Waals surface area contributed by atoms with Crippen LogP contribution in [0.5, 0.6) is 5.75 Å². The third-order valence-electron chi connectivity index (χ3n) is 6.79. The number of rotatable bonds is 12. The van der Waals surface area contributed by atoms with Gasteiger partial charge in [0.2, 0.25) is 0 Å². The zero-order chi connectivity index (χ0) is 27.3. The van der Waals surface area contributed by atoms with Gasteiger partial charge in [-0.2, -0.15) is 5.10 Å². The number of nitrogens with zero attached hydrogens (tertiary/aromatic N) is 5. The summed E-state index contributed by atoms with van der Waals surface area (Å²) in [5.74, 6) is 1.24. The third-order valence-corrected chi connectivity index (χ3v) is 7.18. The number of benzene rings is 1. The largest absolute Gasteiger partial charge is 0.491 e. The van der Waals surface area contributed by atoms with Gasteiger partial charge in [-0.3, -0.25) is 4.68 Å². The van der Waals surface area contributed by atoms with Crippen LogP contribution < -0.4 is 4.74 Å². The molecule has 0 aliphatic heterocycles. The van der Waals surface area contributed by atoms with Crippen molar-refractivity contribution in [1.29, 1.82) is 0 Å². The van der Waals surface area contributed by atoms with Gasteiger partial charge in [0.15, 0.2) is 5.82 Å². The number of nitrogens with one attached hydrogen (secondary N) is 1. The highest BCUT2D eigenvalue weighted by Gasteiger charge is 2.24. The molecule has 3 aromatic heterocycles. The predicted molar refractivity (Wildman–Crippen MR) is 152 cm³/mol. The highest BCUT2D eigenvalue weighted by molar-refractivity contribution is 6.35. The van der Waals surface area contributed by atoms with Gasteiger partial charge in [-0.25, -0.2) is 9.97 Å². The molecule has 0 unspecified atom stereocenters. The fourth-order valence-corrected chi connectivity index (χ4v) is 4.74. The lowest BCUT2D eigenvalue weighted by Crippen LogP contribution is -2.27. The second kappa shape index (κ2) is 12.1. The summed E-state index contributed by atoms with van der Waals surface area (Å²) in [5.41, 5.74) is 4.59. The minimum atomic E-state index is -0.767. The first kappa shape index (κ1) is 27.8. The van der Waals surface area contributed by atoms with Crippen molar-refractivity contribution in [1.82, 2.24) is 29.6 Å². The van der Waals surface area contributed by atoms with Crippen LogP contribution >= 0.6 is 11.6 Å². The van der Waals surface area contributed by atoms with E-state index in [9.17, 15) is 5.11 Å². The molecule has 1 aromatic carbocycles. The summed E-state index contributed by atoms with van der Waals surface area (Å²) in [5, 5.41) is 15.3. The topological polar surface area (TPSA) is 92.1 Å². The quantitative estimate of drug-likeness (QED) is 0.236. The second-order valence-corrected chi connectivity index (χ2v) is 10.3. The number of aromatic amines is 1. The molecule has 3 heterocycles. The Morgan fingerprint density at radius 3 is 2.50 bits per heavy atom. The fraction of sp³-hybridized carbons (Fsp3) is 0.414. The maximum Gasteiger partial charge on any atom is 0.161 e. The number of likely N-dealkylation sites (N-methyl/N-ethyl adjacent to an activating group) is 1. The molecule has 4 aromatic rings. The molecule has 0 spiro atoms. The molecule has 0 aliphatic carbocycles. The first-order valence-electron chi connectivity index (χ1n) is 13.1. The zero-order valence-electron chi connectivity index (χ0n) is 22.8. The fourth-order valence-electron chi connectivity index (χ4n) is 4.46. The van der Waals surface area contributed by atoms with E-state index in [4.69, 9.17) is 16.3 Å². The molecule has 9 heteroatoms. The number of aryl methyl sites for hydroxylation is 1. The van der Waals surface area contributed by atoms with Crippen LogP contribution in [0, 0.1) is 6.92 Å². The summed E-state index contributed by atoms with van der Waals surface area (Å²) < 4.78 is 8.02. The Labute approximate surface area is 229 Å². The van der Waals surface area contributed by atoms with Crippen LogP contribution in [0.25, 0.3) is 33.8 Å². The molecule has 0 aliphatic rings. The van der Waals surface area contributed by atoms with Crippen LogP contribution in [0.3, 0.4) is 0 Å². The molecule has 202 valence electrons. The summed E-state index contributed by atoms with van der Waals surface area (Å²) in [6.45, 7) is 13.9. The van der Waals surface area contributed by atoms with E-state index in [1.807, 2.05) is 42.2 Å². The Bertz CT molecular complexity index is 1340. The average Bonchev–Trinajstić information content (AvgIpc) is 3.49. The molecule has 0 fully saturated rings. The summed E-state index contributed by atoms with van der Waals surface area (Å²) in [7, 11) is 0. The number of hydrogen-bond donors (Lipinski definition) is 2. The summed E-state index contributed by atoms with van der Waals surface area (Å²) in [6.07, 6.45) is 7.84. The second-order valence-electron chi connectivity index (χ2n) is 9.95. The molecule has 38 heavy (non-hydrogen) atoms. The van der Waals surface area contributed by atoms with E-state index in [-0.39, 0.29) is 0 Å². The van der Waals surface area contributed by atoms with E-state index in [1.165, 1.54) is 0 Å². The van der Waals surface area contributed by atoms with Crippen molar-refractivity contribution in [3.63, 3.8) is 0 Å². The summed E-state index contributed by atoms with van der Waals surface area (Å²) in [4.78, 5) is 14.9. The number of aliphatic hydroxyl groups is 1. The van der Waals surface area contributed by atoms with E-state index < -0.39 is 5.60 Å². The van der Waals surface area contributed by atoms with Gasteiger partial charge in [-0.1, -0.05) is 37.6 Å². The predicted octanol–water partition coefficient (Wildman–Crippen LogP) is 5.85. The van der Waals surface area contributed by atoms with Crippen molar-refractivity contribution >= 4 is 11.6 Å². The Hall–Kier alpha value is -3.20. The number of ether oxygens (including phenoxy) is 1. The lowest BCUT2D eigenvalue weighted by Gasteiger charge is -2.19. The molecule has 0 atom stereocenters. The summed E-state index contributed by atoms with van der Waals surface area (Å²) in [6, 6.07) is 7.64. The van der Waals surface area contributed by atoms with Crippen LogP contribution in [0.2, 0.25) is 5.02 Å². The van der Waals surface area contributed by atoms with Gasteiger partial charge in [0.05, 0.1) is 28.1 Å². The van der Waals surface area contributed by atoms with Crippen LogP contribution in [0.1, 0.15) is 39.8 Å². The molecule has 0 saturated carbocycles. The maximum absolute atomic E-state index is 10.2. The first-order chi connectivity index (χ1) is 18.2. The number of aromatic nitrogens is 5. The van der Waals surface area contributed by atoms with Gasteiger partial charge in [-0.05, 0) is 52.4 Å². The van der Waals surface area contributed by atoms with Gasteiger partial charge in [-0.15, -0.1) is 0 Å². The minimum Gasteiger partial charge on any atom is -0.491 e. The zero-order valence-corrected chi connectivity index (χ0v) is 23.6. The molecule has 0 saturated heterocycles. The lowest BCUT2D eigenvalue weighted by molar-refractivity contribution is 0.0649. The molecule has 0 bridgehead atoms. The Kier molecular flexibility index (Phi) is 8.87. The summed E-state index contributed by atoms with van der Waals surface area (Å²) >= 11 is 6.93. The molecular formula is C29H37ClN6O2. The Morgan fingerprint density at radius 2 is 1.82 bits per heavy atom. The van der Waals surface area contributed by atoms with Crippen LogP contribution in [-0.2, 0) is 6.54 Å². The smallest absolute Gasteiger partial charge is 0.161 e. The molecular weight excluding hydrogens is 500 g/mol. The van der Waals surface area contributed by atoms with Crippen LogP contribution in [-0.4, -0.2) is 66.6 Å². The third kappa shape index (κ3) is 6.26. The van der Waals surface area contributed by atoms with Crippen molar-refractivity contribution < 1.29 is 9.84 Å².